The van der Waals surface area contributed by atoms with Gasteiger partial charge in [-0.15, -0.1) is 0 Å². The van der Waals surface area contributed by atoms with Gasteiger partial charge < -0.3 is 178 Å². The largest absolute Gasteiger partial charge is 0.507 e. The van der Waals surface area contributed by atoms with Crippen molar-refractivity contribution in [1.29, 1.82) is 0 Å². The highest BCUT2D eigenvalue weighted by Crippen LogP contribution is 2.45. The molecule has 0 radical (unpaired) electrons. The topological polar surface area (TPSA) is 635 Å². The molecular formula is C73H80O40. The Bertz CT molecular complexity index is 4410. The highest BCUT2D eigenvalue weighted by Gasteiger charge is 2.54. The SMILES string of the molecule is COc1cc(-c2oc3cc(=O)cc(O)c-3cc2O[C@@H]2O[C@H](COC(=O)/C=C/c3ccc(O[C@@H]4O[C@H](COC(=O)C=Cc5ccc(O)c(O[C@@H]6O[C@H](CO)[C@@H](O)[C@H](O)[C@H]6O)c5)[C@@H](O)[C@H](O)[C@H]4O)c(O)c3)[C@@H](O)[C@H](O)[C@H]2O[C@@H]2O[C@H](COC(=O)C=Cc3ccc(O)c(O[C@@H]4O[C@H](CO)[C@@H](O)[C@H](O)[C@H]4O)c3)[C@@H](O)[C@H](O)[C@H]2O)ccc1O. The number of fused-ring (bicyclic) bond motifs is 1. The van der Waals surface area contributed by atoms with Crippen molar-refractivity contribution >= 4 is 36.1 Å². The highest BCUT2D eigenvalue weighted by molar-refractivity contribution is 5.88. The van der Waals surface area contributed by atoms with Gasteiger partial charge in [-0.3, -0.25) is 4.79 Å². The lowest BCUT2D eigenvalue weighted by Gasteiger charge is -2.46. The molecule has 21 N–H and O–H groups in total. The van der Waals surface area contributed by atoms with Gasteiger partial charge in [0.15, 0.2) is 75.3 Å². The number of benzene rings is 5. The average molecular weight is 1600 g/mol. The Morgan fingerprint density at radius 1 is 0.372 bits per heavy atom. The molecule has 113 heavy (non-hydrogen) atoms. The van der Waals surface area contributed by atoms with E-state index in [1.807, 2.05) is 0 Å². The third-order valence-corrected chi connectivity index (χ3v) is 18.5. The number of methoxy groups -OCH3 is 1. The van der Waals surface area contributed by atoms with E-state index in [1.54, 1.807) is 0 Å². The summed E-state index contributed by atoms with van der Waals surface area (Å²) in [6, 6.07) is 17.6. The number of aliphatic hydroxyl groups excluding tert-OH is 16. The summed E-state index contributed by atoms with van der Waals surface area (Å²) >= 11 is 0. The molecule has 4 aromatic carbocycles. The summed E-state index contributed by atoms with van der Waals surface area (Å²) in [7, 11) is 1.23. The number of aliphatic hydroxyl groups is 16. The number of phenols is 5. The van der Waals surface area contributed by atoms with Crippen LogP contribution in [0.3, 0.4) is 0 Å². The Hall–Kier alpha value is -9.94. The number of hydrogen-bond acceptors (Lipinski definition) is 40. The van der Waals surface area contributed by atoms with Crippen LogP contribution in [0.4, 0.5) is 0 Å². The van der Waals surface area contributed by atoms with E-state index in [-0.39, 0.29) is 68.1 Å². The molecule has 40 heteroatoms. The number of ether oxygens (including phenoxy) is 14. The Morgan fingerprint density at radius 2 is 0.761 bits per heavy atom. The molecule has 40 nitrogen and oxygen atoms in total. The second-order valence-corrected chi connectivity index (χ2v) is 26.3. The molecule has 0 saturated carbocycles. The number of phenolic OH excluding ortho intramolecular Hbond substituents is 5. The molecule has 5 fully saturated rings. The Morgan fingerprint density at radius 3 is 1.23 bits per heavy atom. The minimum Gasteiger partial charge on any atom is -0.507 e. The lowest BCUT2D eigenvalue weighted by Crippen LogP contribution is -2.65. The van der Waals surface area contributed by atoms with Crippen molar-refractivity contribution < 1.29 is 192 Å². The van der Waals surface area contributed by atoms with Crippen LogP contribution < -0.4 is 29.1 Å². The lowest BCUT2D eigenvalue weighted by atomic mass is 9.97. The molecule has 6 aliphatic heterocycles. The van der Waals surface area contributed by atoms with Crippen molar-refractivity contribution in [2.75, 3.05) is 40.1 Å². The summed E-state index contributed by atoms with van der Waals surface area (Å²) in [6.45, 7) is -4.08. The van der Waals surface area contributed by atoms with Crippen LogP contribution in [-0.2, 0) is 57.0 Å². The van der Waals surface area contributed by atoms with E-state index in [2.05, 4.69) is 0 Å². The Balaban J connectivity index is 0.745. The van der Waals surface area contributed by atoms with Crippen LogP contribution in [0.25, 0.3) is 40.9 Å². The molecule has 4 aromatic rings. The van der Waals surface area contributed by atoms with Gasteiger partial charge in [-0.1, -0.05) is 18.2 Å². The fourth-order valence-corrected chi connectivity index (χ4v) is 12.2. The molecule has 0 amide bonds. The van der Waals surface area contributed by atoms with Crippen LogP contribution in [0, 0.1) is 0 Å². The van der Waals surface area contributed by atoms with E-state index in [0.717, 1.165) is 72.8 Å². The van der Waals surface area contributed by atoms with Crippen LogP contribution in [0.1, 0.15) is 16.7 Å². The van der Waals surface area contributed by atoms with E-state index >= 15 is 0 Å². The predicted molar refractivity (Wildman–Crippen MR) is 370 cm³/mol. The number of hydrogen-bond donors (Lipinski definition) is 21. The number of esters is 3. The summed E-state index contributed by atoms with van der Waals surface area (Å²) in [5.74, 6) is -7.94. The predicted octanol–water partition coefficient (Wildman–Crippen LogP) is -4.72. The zero-order valence-corrected chi connectivity index (χ0v) is 58.7. The van der Waals surface area contributed by atoms with E-state index in [1.165, 1.54) is 61.7 Å². The molecule has 11 rings (SSSR count). The maximum Gasteiger partial charge on any atom is 0.330 e. The summed E-state index contributed by atoms with van der Waals surface area (Å²) < 4.78 is 84.7. The molecular weight excluding hydrogens is 1520 g/mol. The van der Waals surface area contributed by atoms with Gasteiger partial charge >= 0.3 is 17.9 Å². The van der Waals surface area contributed by atoms with Crippen molar-refractivity contribution in [2.45, 2.75) is 154 Å². The third-order valence-electron chi connectivity index (χ3n) is 18.5. The molecule has 1 aliphatic carbocycles. The first-order chi connectivity index (χ1) is 53.8. The summed E-state index contributed by atoms with van der Waals surface area (Å²) in [5.41, 5.74) is -0.352. The van der Waals surface area contributed by atoms with E-state index in [4.69, 9.17) is 70.7 Å². The van der Waals surface area contributed by atoms with Crippen molar-refractivity contribution in [2.24, 2.45) is 0 Å². The maximum atomic E-state index is 13.4. The third kappa shape index (κ3) is 19.3. The number of rotatable bonds is 26. The van der Waals surface area contributed by atoms with Crippen LogP contribution >= 0.6 is 0 Å². The molecule has 6 heterocycles. The molecule has 7 aliphatic rings. The van der Waals surface area contributed by atoms with Gasteiger partial charge in [0.2, 0.25) is 25.2 Å². The van der Waals surface area contributed by atoms with Crippen LogP contribution in [0.15, 0.2) is 118 Å². The molecule has 0 unspecified atom stereocenters. The summed E-state index contributed by atoms with van der Waals surface area (Å²) in [5, 5.41) is 224. The van der Waals surface area contributed by atoms with Crippen molar-refractivity contribution in [1.82, 2.24) is 0 Å². The minimum atomic E-state index is -2.24. The van der Waals surface area contributed by atoms with Gasteiger partial charge in [-0.25, -0.2) is 14.4 Å². The van der Waals surface area contributed by atoms with Gasteiger partial charge in [0.25, 0.3) is 0 Å². The summed E-state index contributed by atoms with van der Waals surface area (Å²) in [6.07, 6.45) is -40.5. The monoisotopic (exact) mass is 1600 g/mol. The van der Waals surface area contributed by atoms with Gasteiger partial charge in [-0.05, 0) is 95.6 Å². The number of carbonyl (C=O) groups is 3. The standard InChI is InChI=1S/C73H80O40/c1-99-41-19-31(8-11-34(41)77)67-44(22-33-37(80)20-32(76)21-40(33)103-67)107-73-68(113-72-66(98)61(93)56(88)48(111-72)26-101-52(84)15-7-30-3-10-36(79)43(18-30)106-71-64(96)59(91)54(86)46(24-75)109-71)62(94)57(89)49(112-73)27-102-50(82)13-5-28-4-12-39(38(81)16-28)104-69-65(97)60(92)55(87)47(110-69)25-100-51(83)14-6-29-2-9-35(78)42(17-29)105-70-63(95)58(90)53(85)45(23-74)108-70/h2-22,45-49,53-66,68-75,77-81,85-98H,23-27H2,1H3/b13-5+,14-6?,15-7?/t45-,46-,47-,48-,49-,53-,54-,55-,56-,57-,58+,59+,60+,61+,62+,63-,64-,65-,66-,68-,69-,70-,71-,72+,73-/m1/s1. The van der Waals surface area contributed by atoms with Crippen molar-refractivity contribution in [3.63, 3.8) is 0 Å². The summed E-state index contributed by atoms with van der Waals surface area (Å²) in [4.78, 5) is 52.1. The van der Waals surface area contributed by atoms with Gasteiger partial charge in [-0.2, -0.15) is 0 Å². The quantitative estimate of drug-likeness (QED) is 0.0138. The van der Waals surface area contributed by atoms with Gasteiger partial charge in [0.05, 0.1) is 25.9 Å². The van der Waals surface area contributed by atoms with Crippen LogP contribution in [-0.4, -0.2) is 319 Å². The molecule has 612 valence electrons. The highest BCUT2D eigenvalue weighted by atomic mass is 16.8. The zero-order chi connectivity index (χ0) is 81.5. The number of carbonyl (C=O) groups excluding carboxylic acids is 3. The molecule has 0 bridgehead atoms. The van der Waals surface area contributed by atoms with E-state index in [9.17, 15) is 126 Å². The first-order valence-corrected chi connectivity index (χ1v) is 34.4. The zero-order valence-electron chi connectivity index (χ0n) is 58.7. The Labute approximate surface area is 636 Å². The van der Waals surface area contributed by atoms with Crippen molar-refractivity contribution in [3.8, 4) is 80.1 Å². The van der Waals surface area contributed by atoms with E-state index in [0.29, 0.717) is 0 Å². The first kappa shape index (κ1) is 84.0. The Kier molecular flexibility index (Phi) is 27.1. The smallest absolute Gasteiger partial charge is 0.330 e. The maximum absolute atomic E-state index is 13.4. The lowest BCUT2D eigenvalue weighted by molar-refractivity contribution is -0.358. The minimum absolute atomic E-state index is 0.0649. The molecule has 5 saturated heterocycles. The van der Waals surface area contributed by atoms with Crippen LogP contribution in [0.2, 0.25) is 0 Å². The fraction of sp³-hybridized carbons (Fsp3) is 0.425. The fourth-order valence-electron chi connectivity index (χ4n) is 12.2. The molecule has 25 atom stereocenters. The molecule has 0 aromatic heterocycles. The molecule has 0 spiro atoms. The van der Waals surface area contributed by atoms with Gasteiger partial charge in [0.1, 0.15) is 147 Å². The second-order valence-electron chi connectivity index (χ2n) is 26.3. The average Bonchev–Trinajstić information content (AvgIpc) is 0.763. The van der Waals surface area contributed by atoms with Crippen molar-refractivity contribution in [3.05, 3.63) is 136 Å². The second kappa shape index (κ2) is 36.5. The van der Waals surface area contributed by atoms with Gasteiger partial charge in [0, 0.05) is 35.9 Å². The van der Waals surface area contributed by atoms with E-state index < -0.39 is 239 Å². The number of aromatic hydroxyl groups is 5. The first-order valence-electron chi connectivity index (χ1n) is 34.4. The van der Waals surface area contributed by atoms with Crippen LogP contribution in [0.5, 0.6) is 57.5 Å². The normalized spacial score (nSPS) is 32.1.